The maximum atomic E-state index is 11.3. The molecule has 2 aliphatic rings. The van der Waals surface area contributed by atoms with E-state index >= 15 is 0 Å². The number of hydrogen-bond acceptors (Lipinski definition) is 2. The molecule has 0 N–H and O–H groups in total. The topological polar surface area (TPSA) is 26.3 Å². The molecule has 0 atom stereocenters. The smallest absolute Gasteiger partial charge is 0.338 e. The van der Waals surface area contributed by atoms with E-state index in [9.17, 15) is 4.79 Å². The molecule has 1 aliphatic heterocycles. The quantitative estimate of drug-likeness (QED) is 0.727. The van der Waals surface area contributed by atoms with E-state index in [-0.39, 0.29) is 5.97 Å². The lowest BCUT2D eigenvalue weighted by Crippen LogP contribution is -2.09. The average molecular weight is 230 g/mol. The number of ether oxygens (including phenoxy) is 1. The molecule has 90 valence electrons. The van der Waals surface area contributed by atoms with Crippen LogP contribution in [0.5, 0.6) is 0 Å². The molecule has 1 heterocycles. The monoisotopic (exact) mass is 230 g/mol. The van der Waals surface area contributed by atoms with E-state index in [0.29, 0.717) is 6.61 Å². The van der Waals surface area contributed by atoms with Gasteiger partial charge in [-0.2, -0.15) is 0 Å². The van der Waals surface area contributed by atoms with Crippen LogP contribution in [0.25, 0.3) is 0 Å². The van der Waals surface area contributed by atoms with E-state index in [1.165, 1.54) is 44.1 Å². The number of rotatable bonds is 2. The summed E-state index contributed by atoms with van der Waals surface area (Å²) in [7, 11) is 0. The molecule has 1 aromatic rings. The van der Waals surface area contributed by atoms with Crippen molar-refractivity contribution >= 4 is 5.97 Å². The van der Waals surface area contributed by atoms with Gasteiger partial charge >= 0.3 is 5.97 Å². The predicted octanol–water partition coefficient (Wildman–Crippen LogP) is 3.48. The summed E-state index contributed by atoms with van der Waals surface area (Å²) in [5.74, 6) is 0.684. The Labute approximate surface area is 102 Å². The van der Waals surface area contributed by atoms with Crippen molar-refractivity contribution < 1.29 is 9.53 Å². The fourth-order valence-corrected chi connectivity index (χ4v) is 3.04. The predicted molar refractivity (Wildman–Crippen MR) is 65.8 cm³/mol. The highest BCUT2D eigenvalue weighted by molar-refractivity contribution is 5.93. The summed E-state index contributed by atoms with van der Waals surface area (Å²) in [6.45, 7) is 0.465. The van der Waals surface area contributed by atoms with E-state index < -0.39 is 0 Å². The van der Waals surface area contributed by atoms with E-state index in [1.54, 1.807) is 0 Å². The van der Waals surface area contributed by atoms with Crippen LogP contribution in [-0.2, 0) is 17.8 Å². The molecule has 0 aromatic heterocycles. The maximum Gasteiger partial charge on any atom is 0.338 e. The molecule has 3 rings (SSSR count). The summed E-state index contributed by atoms with van der Waals surface area (Å²) in [5.41, 5.74) is 3.20. The molecule has 0 spiro atoms. The lowest BCUT2D eigenvalue weighted by molar-refractivity contribution is 0.0535. The van der Waals surface area contributed by atoms with Crippen LogP contribution < -0.4 is 0 Å². The summed E-state index contributed by atoms with van der Waals surface area (Å²) in [6.07, 6.45) is 8.08. The molecule has 0 unspecified atom stereocenters. The molecule has 1 aliphatic carbocycles. The normalized spacial score (nSPS) is 20.1. The Balaban J connectivity index is 1.73. The third-order valence-corrected chi connectivity index (χ3v) is 4.00. The van der Waals surface area contributed by atoms with Crippen molar-refractivity contribution in [2.24, 2.45) is 5.92 Å². The summed E-state index contributed by atoms with van der Waals surface area (Å²) < 4.78 is 5.03. The van der Waals surface area contributed by atoms with Crippen molar-refractivity contribution in [3.05, 3.63) is 34.9 Å². The van der Waals surface area contributed by atoms with Gasteiger partial charge in [-0.3, -0.25) is 0 Å². The minimum Gasteiger partial charge on any atom is -0.457 e. The van der Waals surface area contributed by atoms with Crippen molar-refractivity contribution in [1.82, 2.24) is 0 Å². The first kappa shape index (κ1) is 10.8. The fourth-order valence-electron chi connectivity index (χ4n) is 3.04. The lowest BCUT2D eigenvalue weighted by atomic mass is 9.84. The van der Waals surface area contributed by atoms with Crippen LogP contribution in [0.1, 0.15) is 53.6 Å². The van der Waals surface area contributed by atoms with Crippen molar-refractivity contribution in [3.8, 4) is 0 Å². The minimum atomic E-state index is -0.163. The summed E-state index contributed by atoms with van der Waals surface area (Å²) in [5, 5.41) is 0. The van der Waals surface area contributed by atoms with Crippen molar-refractivity contribution in [3.63, 3.8) is 0 Å². The van der Waals surface area contributed by atoms with Crippen LogP contribution in [0.4, 0.5) is 0 Å². The first-order valence-electron chi connectivity index (χ1n) is 6.62. The Morgan fingerprint density at radius 1 is 1.18 bits per heavy atom. The Morgan fingerprint density at radius 3 is 2.82 bits per heavy atom. The van der Waals surface area contributed by atoms with Crippen LogP contribution in [0.2, 0.25) is 0 Å². The highest BCUT2D eigenvalue weighted by atomic mass is 16.5. The Hall–Kier alpha value is -1.31. The first-order valence-corrected chi connectivity index (χ1v) is 6.62. The third-order valence-electron chi connectivity index (χ3n) is 4.00. The zero-order valence-corrected chi connectivity index (χ0v) is 10.1. The lowest BCUT2D eigenvalue weighted by Gasteiger charge is -2.21. The average Bonchev–Trinajstić information content (AvgIpc) is 2.72. The molecule has 1 fully saturated rings. The van der Waals surface area contributed by atoms with Crippen LogP contribution in [0.3, 0.4) is 0 Å². The summed E-state index contributed by atoms with van der Waals surface area (Å²) >= 11 is 0. The SMILES string of the molecule is O=C1OCc2cc(CC3CCCCC3)ccc21. The summed E-state index contributed by atoms with van der Waals surface area (Å²) in [6, 6.07) is 6.19. The van der Waals surface area contributed by atoms with Gasteiger partial charge in [-0.25, -0.2) is 4.79 Å². The Bertz CT molecular complexity index is 431. The van der Waals surface area contributed by atoms with E-state index in [0.717, 1.165) is 17.0 Å². The molecular weight excluding hydrogens is 212 g/mol. The second kappa shape index (κ2) is 4.52. The number of carbonyl (C=O) groups excluding carboxylic acids is 1. The molecule has 2 heteroatoms. The molecule has 0 radical (unpaired) electrons. The molecule has 0 saturated heterocycles. The van der Waals surface area contributed by atoms with Gasteiger partial charge in [0.15, 0.2) is 0 Å². The second-order valence-corrected chi connectivity index (χ2v) is 5.28. The highest BCUT2D eigenvalue weighted by Crippen LogP contribution is 2.28. The highest BCUT2D eigenvalue weighted by Gasteiger charge is 2.21. The van der Waals surface area contributed by atoms with Crippen molar-refractivity contribution in [2.45, 2.75) is 45.1 Å². The van der Waals surface area contributed by atoms with E-state index in [4.69, 9.17) is 4.74 Å². The summed E-state index contributed by atoms with van der Waals surface area (Å²) in [4.78, 5) is 11.3. The molecule has 0 amide bonds. The van der Waals surface area contributed by atoms with Gasteiger partial charge in [0.2, 0.25) is 0 Å². The molecule has 17 heavy (non-hydrogen) atoms. The van der Waals surface area contributed by atoms with Crippen molar-refractivity contribution in [1.29, 1.82) is 0 Å². The largest absolute Gasteiger partial charge is 0.457 e. The number of benzene rings is 1. The van der Waals surface area contributed by atoms with Gasteiger partial charge in [0, 0.05) is 5.56 Å². The molecular formula is C15H18O2. The van der Waals surface area contributed by atoms with Crippen LogP contribution >= 0.6 is 0 Å². The van der Waals surface area contributed by atoms with Gasteiger partial charge in [0.1, 0.15) is 6.61 Å². The van der Waals surface area contributed by atoms with Gasteiger partial charge in [-0.15, -0.1) is 0 Å². The molecule has 1 saturated carbocycles. The molecule has 1 aromatic carbocycles. The van der Waals surface area contributed by atoms with Gasteiger partial charge in [0.05, 0.1) is 5.56 Å². The zero-order chi connectivity index (χ0) is 11.7. The maximum absolute atomic E-state index is 11.3. The van der Waals surface area contributed by atoms with Gasteiger partial charge in [0.25, 0.3) is 0 Å². The fraction of sp³-hybridized carbons (Fsp3) is 0.533. The molecule has 0 bridgehead atoms. The minimum absolute atomic E-state index is 0.163. The Kier molecular flexibility index (Phi) is 2.87. The van der Waals surface area contributed by atoms with Crippen LogP contribution in [0.15, 0.2) is 18.2 Å². The van der Waals surface area contributed by atoms with Gasteiger partial charge in [-0.1, -0.05) is 44.2 Å². The number of cyclic esters (lactones) is 1. The number of carbonyl (C=O) groups is 1. The van der Waals surface area contributed by atoms with Crippen LogP contribution in [-0.4, -0.2) is 5.97 Å². The zero-order valence-electron chi connectivity index (χ0n) is 10.1. The van der Waals surface area contributed by atoms with Crippen molar-refractivity contribution in [2.75, 3.05) is 0 Å². The van der Waals surface area contributed by atoms with E-state index in [2.05, 4.69) is 12.1 Å². The number of fused-ring (bicyclic) bond motifs is 1. The van der Waals surface area contributed by atoms with Crippen LogP contribution in [0, 0.1) is 5.92 Å². The van der Waals surface area contributed by atoms with Gasteiger partial charge < -0.3 is 4.74 Å². The molecule has 2 nitrogen and oxygen atoms in total. The number of hydrogen-bond donors (Lipinski definition) is 0. The standard InChI is InChI=1S/C15H18O2/c16-15-14-7-6-12(9-13(14)10-17-15)8-11-4-2-1-3-5-11/h6-7,9,11H,1-5,8,10H2. The second-order valence-electron chi connectivity index (χ2n) is 5.28. The Morgan fingerprint density at radius 2 is 2.00 bits per heavy atom. The van der Waals surface area contributed by atoms with E-state index in [1.807, 2.05) is 6.07 Å². The van der Waals surface area contributed by atoms with Gasteiger partial charge in [-0.05, 0) is 24.0 Å². The third kappa shape index (κ3) is 2.21. The number of esters is 1. The first-order chi connectivity index (χ1) is 8.33.